The molecule has 0 saturated carbocycles. The van der Waals surface area contributed by atoms with Crippen molar-refractivity contribution in [3.05, 3.63) is 11.1 Å². The van der Waals surface area contributed by atoms with Crippen LogP contribution in [0.1, 0.15) is 65.7 Å². The van der Waals surface area contributed by atoms with Gasteiger partial charge in [-0.25, -0.2) is 9.59 Å². The molecule has 0 rings (SSSR count). The van der Waals surface area contributed by atoms with Crippen molar-refractivity contribution in [3.8, 4) is 0 Å². The van der Waals surface area contributed by atoms with Crippen LogP contribution in [0.4, 0.5) is 0 Å². The monoisotopic (exact) mass is 270 g/mol. The largest absolute Gasteiger partial charge is 0.478 e. The first-order valence-electron chi connectivity index (χ1n) is 7.08. The molecular weight excluding hydrogens is 244 g/mol. The normalized spacial score (nSPS) is 12.4. The van der Waals surface area contributed by atoms with Gasteiger partial charge in [0.1, 0.15) is 0 Å². The molecule has 0 aliphatic heterocycles. The van der Waals surface area contributed by atoms with E-state index in [-0.39, 0.29) is 11.1 Å². The molecule has 0 fully saturated rings. The fraction of sp³-hybridized carbons (Fsp3) is 0.733. The summed E-state index contributed by atoms with van der Waals surface area (Å²) >= 11 is 0. The van der Waals surface area contributed by atoms with Gasteiger partial charge in [-0.1, -0.05) is 40.0 Å². The Morgan fingerprint density at radius 1 is 0.895 bits per heavy atom. The molecule has 4 nitrogen and oxygen atoms in total. The second kappa shape index (κ2) is 9.59. The van der Waals surface area contributed by atoms with E-state index in [0.29, 0.717) is 18.8 Å². The van der Waals surface area contributed by atoms with Crippen LogP contribution in [0.15, 0.2) is 11.1 Å². The zero-order valence-corrected chi connectivity index (χ0v) is 12.2. The topological polar surface area (TPSA) is 74.6 Å². The van der Waals surface area contributed by atoms with E-state index in [0.717, 1.165) is 32.1 Å². The summed E-state index contributed by atoms with van der Waals surface area (Å²) in [6.45, 7) is 6.18. The number of hydrogen-bond donors (Lipinski definition) is 2. The maximum atomic E-state index is 11.2. The third-order valence-electron chi connectivity index (χ3n) is 3.12. The predicted molar refractivity (Wildman–Crippen MR) is 75.1 cm³/mol. The highest BCUT2D eigenvalue weighted by Crippen LogP contribution is 2.20. The van der Waals surface area contributed by atoms with Crippen LogP contribution in [0.5, 0.6) is 0 Å². The van der Waals surface area contributed by atoms with Crippen molar-refractivity contribution in [2.75, 3.05) is 0 Å². The van der Waals surface area contributed by atoms with Gasteiger partial charge in [0.2, 0.25) is 0 Å². The summed E-state index contributed by atoms with van der Waals surface area (Å²) in [4.78, 5) is 22.4. The summed E-state index contributed by atoms with van der Waals surface area (Å²) in [6, 6.07) is 0. The van der Waals surface area contributed by atoms with Gasteiger partial charge in [0.25, 0.3) is 0 Å². The second-order valence-electron chi connectivity index (χ2n) is 5.31. The van der Waals surface area contributed by atoms with Crippen molar-refractivity contribution in [2.24, 2.45) is 5.92 Å². The van der Waals surface area contributed by atoms with Crippen LogP contribution < -0.4 is 0 Å². The smallest absolute Gasteiger partial charge is 0.332 e. The number of carbonyl (C=O) groups is 2. The second-order valence-corrected chi connectivity index (χ2v) is 5.31. The van der Waals surface area contributed by atoms with Gasteiger partial charge in [-0.3, -0.25) is 0 Å². The van der Waals surface area contributed by atoms with Crippen molar-refractivity contribution in [1.29, 1.82) is 0 Å². The Balaban J connectivity index is 4.82. The lowest BCUT2D eigenvalue weighted by molar-refractivity contribution is -0.136. The first-order chi connectivity index (χ1) is 8.90. The van der Waals surface area contributed by atoms with Crippen LogP contribution in [0.3, 0.4) is 0 Å². The lowest BCUT2D eigenvalue weighted by atomic mass is 9.96. The maximum absolute atomic E-state index is 11.2. The van der Waals surface area contributed by atoms with Gasteiger partial charge in [0, 0.05) is 11.1 Å². The molecule has 0 bridgehead atoms. The molecule has 2 N–H and O–H groups in total. The minimum absolute atomic E-state index is 0.0873. The van der Waals surface area contributed by atoms with E-state index in [1.807, 2.05) is 6.92 Å². The average Bonchev–Trinajstić information content (AvgIpc) is 2.30. The molecule has 0 aliphatic rings. The Hall–Kier alpha value is -1.32. The summed E-state index contributed by atoms with van der Waals surface area (Å²) in [7, 11) is 0. The van der Waals surface area contributed by atoms with Crippen molar-refractivity contribution < 1.29 is 19.8 Å². The zero-order chi connectivity index (χ0) is 14.8. The molecule has 110 valence electrons. The Morgan fingerprint density at radius 2 is 1.37 bits per heavy atom. The van der Waals surface area contributed by atoms with Gasteiger partial charge in [0.05, 0.1) is 0 Å². The molecule has 0 aromatic rings. The molecule has 4 heteroatoms. The average molecular weight is 270 g/mol. The molecule has 0 unspecified atom stereocenters. The van der Waals surface area contributed by atoms with Gasteiger partial charge in [-0.15, -0.1) is 0 Å². The molecule has 0 saturated heterocycles. The van der Waals surface area contributed by atoms with Gasteiger partial charge >= 0.3 is 11.9 Å². The maximum Gasteiger partial charge on any atom is 0.332 e. The SMILES string of the molecule is CCCCCC(C(=O)O)=C(CCCC(C)C)C(=O)O. The predicted octanol–water partition coefficient (Wildman–Crippen LogP) is 3.86. The Morgan fingerprint density at radius 3 is 1.74 bits per heavy atom. The third kappa shape index (κ3) is 7.65. The number of carboxylic acids is 2. The molecule has 0 radical (unpaired) electrons. The van der Waals surface area contributed by atoms with Gasteiger partial charge < -0.3 is 10.2 Å². The molecule has 0 amide bonds. The van der Waals surface area contributed by atoms with E-state index >= 15 is 0 Å². The number of unbranched alkanes of at least 4 members (excludes halogenated alkanes) is 2. The van der Waals surface area contributed by atoms with E-state index in [9.17, 15) is 19.8 Å². The Bertz CT molecular complexity index is 329. The molecule has 19 heavy (non-hydrogen) atoms. The zero-order valence-electron chi connectivity index (χ0n) is 12.2. The van der Waals surface area contributed by atoms with Crippen LogP contribution >= 0.6 is 0 Å². The van der Waals surface area contributed by atoms with E-state index in [1.165, 1.54) is 0 Å². The standard InChI is InChI=1S/C15H26O4/c1-4-5-6-9-12(14(16)17)13(15(18)19)10-7-8-11(2)3/h11H,4-10H2,1-3H3,(H,16,17)(H,18,19). The summed E-state index contributed by atoms with van der Waals surface area (Å²) < 4.78 is 0. The first-order valence-corrected chi connectivity index (χ1v) is 7.08. The van der Waals surface area contributed by atoms with Gasteiger partial charge in [-0.2, -0.15) is 0 Å². The third-order valence-corrected chi connectivity index (χ3v) is 3.12. The van der Waals surface area contributed by atoms with Crippen LogP contribution in [0, 0.1) is 5.92 Å². The summed E-state index contributed by atoms with van der Waals surface area (Å²) in [6.07, 6.45) is 4.99. The molecule has 0 aromatic heterocycles. The van der Waals surface area contributed by atoms with E-state index in [2.05, 4.69) is 13.8 Å². The molecule has 0 aliphatic carbocycles. The van der Waals surface area contributed by atoms with E-state index in [4.69, 9.17) is 0 Å². The van der Waals surface area contributed by atoms with Crippen molar-refractivity contribution in [1.82, 2.24) is 0 Å². The first kappa shape index (κ1) is 17.7. The quantitative estimate of drug-likeness (QED) is 0.467. The molecular formula is C15H26O4. The van der Waals surface area contributed by atoms with Crippen LogP contribution in [-0.2, 0) is 9.59 Å². The van der Waals surface area contributed by atoms with Gasteiger partial charge in [0.15, 0.2) is 0 Å². The molecule has 0 aromatic carbocycles. The fourth-order valence-electron chi connectivity index (χ4n) is 2.01. The number of carboxylic acid groups (broad SMARTS) is 2. The van der Waals surface area contributed by atoms with Crippen LogP contribution in [0.2, 0.25) is 0 Å². The van der Waals surface area contributed by atoms with Crippen molar-refractivity contribution >= 4 is 11.9 Å². The highest BCUT2D eigenvalue weighted by atomic mass is 16.4. The minimum atomic E-state index is -1.09. The minimum Gasteiger partial charge on any atom is -0.478 e. The number of aliphatic carboxylic acids is 2. The molecule has 0 atom stereocenters. The molecule has 0 spiro atoms. The highest BCUT2D eigenvalue weighted by Gasteiger charge is 2.19. The van der Waals surface area contributed by atoms with Crippen LogP contribution in [0.25, 0.3) is 0 Å². The summed E-state index contributed by atoms with van der Waals surface area (Å²) in [5, 5.41) is 18.4. The lowest BCUT2D eigenvalue weighted by Gasteiger charge is -2.10. The van der Waals surface area contributed by atoms with Crippen LogP contribution in [-0.4, -0.2) is 22.2 Å². The lowest BCUT2D eigenvalue weighted by Crippen LogP contribution is -2.12. The Kier molecular flexibility index (Phi) is 8.92. The highest BCUT2D eigenvalue weighted by molar-refractivity contribution is 5.98. The van der Waals surface area contributed by atoms with E-state index < -0.39 is 11.9 Å². The van der Waals surface area contributed by atoms with Gasteiger partial charge in [-0.05, 0) is 31.6 Å². The van der Waals surface area contributed by atoms with E-state index in [1.54, 1.807) is 0 Å². The van der Waals surface area contributed by atoms with Crippen molar-refractivity contribution in [2.45, 2.75) is 65.7 Å². The summed E-state index contributed by atoms with van der Waals surface area (Å²) in [5.74, 6) is -1.67. The molecule has 0 heterocycles. The van der Waals surface area contributed by atoms with Crippen molar-refractivity contribution in [3.63, 3.8) is 0 Å². The Labute approximate surface area is 115 Å². The number of hydrogen-bond acceptors (Lipinski definition) is 2. The fourth-order valence-corrected chi connectivity index (χ4v) is 2.01. The summed E-state index contributed by atoms with van der Waals surface area (Å²) in [5.41, 5.74) is 0.175. The number of rotatable bonds is 10.